The van der Waals surface area contributed by atoms with Crippen LogP contribution in [-0.2, 0) is 12.0 Å². The Hall–Kier alpha value is -3.48. The fraction of sp³-hybridized carbons (Fsp3) is 0.613. The van der Waals surface area contributed by atoms with E-state index in [-0.39, 0.29) is 34.5 Å². The number of guanidine groups is 1. The number of piperidine rings is 1. The number of urea groups is 1. The van der Waals surface area contributed by atoms with E-state index in [2.05, 4.69) is 35.8 Å². The summed E-state index contributed by atoms with van der Waals surface area (Å²) in [6.07, 6.45) is 4.70. The fourth-order valence-corrected chi connectivity index (χ4v) is 4.55. The summed E-state index contributed by atoms with van der Waals surface area (Å²) in [5.74, 6) is 0.813. The van der Waals surface area contributed by atoms with Gasteiger partial charge in [-0.15, -0.1) is 0 Å². The molecule has 1 unspecified atom stereocenters. The van der Waals surface area contributed by atoms with Crippen molar-refractivity contribution < 1.29 is 4.79 Å². The number of likely N-dealkylation sites (tertiary alicyclic amines) is 1. The Bertz CT molecular complexity index is 1210. The maximum Gasteiger partial charge on any atom is 0.315 e. The first-order chi connectivity index (χ1) is 20.2. The number of nitrogens with two attached hydrogens (primary N) is 3. The van der Waals surface area contributed by atoms with Crippen molar-refractivity contribution in [3.63, 3.8) is 0 Å². The fourth-order valence-electron chi connectivity index (χ4n) is 4.55. The number of amides is 2. The van der Waals surface area contributed by atoms with E-state index >= 15 is 0 Å². The number of nitrogens with one attached hydrogen (secondary N) is 4. The summed E-state index contributed by atoms with van der Waals surface area (Å²) in [6, 6.07) is 8.08. The first-order valence-electron chi connectivity index (χ1n) is 15.1. The van der Waals surface area contributed by atoms with E-state index < -0.39 is 0 Å². The van der Waals surface area contributed by atoms with E-state index in [4.69, 9.17) is 17.2 Å². The number of H-pyrrole nitrogens is 1. The molecular weight excluding hydrogens is 544 g/mol. The van der Waals surface area contributed by atoms with Gasteiger partial charge in [-0.3, -0.25) is 9.79 Å². The Kier molecular flexibility index (Phi) is 14.1. The number of rotatable bonds is 10. The van der Waals surface area contributed by atoms with Crippen molar-refractivity contribution in [1.29, 1.82) is 0 Å². The van der Waals surface area contributed by atoms with Crippen LogP contribution >= 0.6 is 0 Å². The minimum atomic E-state index is -0.186. The number of nitrogens with zero attached hydrogens (tertiary/aromatic N) is 3. The van der Waals surface area contributed by atoms with E-state index in [1.165, 1.54) is 0 Å². The SMILES string of the molecule is CC(C)(C)NC(=O)NC1CCCN(CCN)C1.CC(C)(C)c1ncc(-c2ccc(CNCCCN=C(N)N)cc2)c(=O)[nH]1. The molecule has 43 heavy (non-hydrogen) atoms. The predicted molar refractivity (Wildman–Crippen MR) is 176 cm³/mol. The highest BCUT2D eigenvalue weighted by Gasteiger charge is 2.22. The summed E-state index contributed by atoms with van der Waals surface area (Å²) in [5.41, 5.74) is 18.2. The number of hydrogen-bond acceptors (Lipinski definition) is 7. The number of aromatic nitrogens is 2. The number of aliphatic imine (C=N–C) groups is 1. The van der Waals surface area contributed by atoms with Gasteiger partial charge < -0.3 is 43.0 Å². The second-order valence-electron chi connectivity index (χ2n) is 13.0. The van der Waals surface area contributed by atoms with Crippen LogP contribution in [0.5, 0.6) is 0 Å². The number of hydrogen-bond donors (Lipinski definition) is 7. The lowest BCUT2D eigenvalue weighted by molar-refractivity contribution is 0.186. The monoisotopic (exact) mass is 598 g/mol. The molecule has 3 rings (SSSR count). The number of carbonyl (C=O) groups excluding carboxylic acids is 1. The molecule has 2 heterocycles. The summed E-state index contributed by atoms with van der Waals surface area (Å²) >= 11 is 0. The molecule has 1 saturated heterocycles. The summed E-state index contributed by atoms with van der Waals surface area (Å²) in [4.78, 5) is 37.6. The van der Waals surface area contributed by atoms with Crippen LogP contribution < -0.4 is 38.7 Å². The Morgan fingerprint density at radius 2 is 1.84 bits per heavy atom. The maximum absolute atomic E-state index is 12.4. The summed E-state index contributed by atoms with van der Waals surface area (Å²) in [5, 5.41) is 9.29. The molecule has 1 atom stereocenters. The first-order valence-corrected chi connectivity index (χ1v) is 15.1. The molecule has 0 bridgehead atoms. The summed E-state index contributed by atoms with van der Waals surface area (Å²) in [6.45, 7) is 17.8. The Morgan fingerprint density at radius 1 is 1.14 bits per heavy atom. The molecule has 1 aromatic heterocycles. The summed E-state index contributed by atoms with van der Waals surface area (Å²) in [7, 11) is 0. The normalized spacial score (nSPS) is 15.7. The molecule has 0 spiro atoms. The highest BCUT2D eigenvalue weighted by atomic mass is 16.2. The average Bonchev–Trinajstić information content (AvgIpc) is 2.90. The van der Waals surface area contributed by atoms with Gasteiger partial charge in [0.15, 0.2) is 5.96 Å². The molecule has 0 aliphatic carbocycles. The van der Waals surface area contributed by atoms with Crippen LogP contribution in [-0.4, -0.2) is 77.7 Å². The molecule has 1 aliphatic heterocycles. The van der Waals surface area contributed by atoms with Gasteiger partial charge in [-0.25, -0.2) is 9.78 Å². The zero-order valence-electron chi connectivity index (χ0n) is 26.9. The molecular formula is C31H54N10O2. The second-order valence-corrected chi connectivity index (χ2v) is 13.0. The maximum atomic E-state index is 12.4. The van der Waals surface area contributed by atoms with Gasteiger partial charge in [0.2, 0.25) is 0 Å². The predicted octanol–water partition coefficient (Wildman–Crippen LogP) is 1.99. The third-order valence-electron chi connectivity index (χ3n) is 6.68. The van der Waals surface area contributed by atoms with E-state index in [1.54, 1.807) is 6.20 Å². The topological polar surface area (TPSA) is 193 Å². The standard InChI is InChI=1S/C19H28N6O.C12H26N4O/c1-19(2,3)17-24-12-15(16(26)25-17)14-7-5-13(6-8-14)11-22-9-4-10-23-18(20)21;1-12(2,3)15-11(17)14-10-5-4-7-16(9-10)8-6-13/h5-8,12,22H,4,9-11H2,1-3H3,(H4,20,21,23)(H,24,25,26);10H,4-9,13H2,1-3H3,(H2,14,15,17). The second kappa shape index (κ2) is 17.0. The lowest BCUT2D eigenvalue weighted by Gasteiger charge is -2.33. The number of aromatic amines is 1. The minimum absolute atomic E-state index is 0.0721. The van der Waals surface area contributed by atoms with Crippen LogP contribution in [0.1, 0.15) is 72.2 Å². The lowest BCUT2D eigenvalue weighted by atomic mass is 9.95. The van der Waals surface area contributed by atoms with Gasteiger partial charge in [0.1, 0.15) is 5.82 Å². The third-order valence-corrected chi connectivity index (χ3v) is 6.68. The molecule has 0 radical (unpaired) electrons. The molecule has 240 valence electrons. The summed E-state index contributed by atoms with van der Waals surface area (Å²) < 4.78 is 0. The Morgan fingerprint density at radius 3 is 2.42 bits per heavy atom. The van der Waals surface area contributed by atoms with Gasteiger partial charge in [0, 0.05) is 55.9 Å². The minimum Gasteiger partial charge on any atom is -0.370 e. The van der Waals surface area contributed by atoms with Crippen molar-refractivity contribution in [2.75, 3.05) is 39.3 Å². The molecule has 1 fully saturated rings. The largest absolute Gasteiger partial charge is 0.370 e. The van der Waals surface area contributed by atoms with Crippen LogP contribution in [0.3, 0.4) is 0 Å². The molecule has 1 aliphatic rings. The zero-order chi connectivity index (χ0) is 32.0. The van der Waals surface area contributed by atoms with Gasteiger partial charge >= 0.3 is 6.03 Å². The lowest BCUT2D eigenvalue weighted by Crippen LogP contribution is -2.54. The number of benzene rings is 1. The highest BCUT2D eigenvalue weighted by Crippen LogP contribution is 2.19. The third kappa shape index (κ3) is 14.0. The smallest absolute Gasteiger partial charge is 0.315 e. The van der Waals surface area contributed by atoms with E-state index in [9.17, 15) is 9.59 Å². The van der Waals surface area contributed by atoms with Crippen LogP contribution in [0.2, 0.25) is 0 Å². The van der Waals surface area contributed by atoms with Crippen LogP contribution in [0, 0.1) is 0 Å². The molecule has 0 saturated carbocycles. The van der Waals surface area contributed by atoms with Crippen molar-refractivity contribution in [3.8, 4) is 11.1 Å². The zero-order valence-corrected chi connectivity index (χ0v) is 26.9. The average molecular weight is 599 g/mol. The Labute approximate surface area is 256 Å². The van der Waals surface area contributed by atoms with Gasteiger partial charge in [0.25, 0.3) is 5.56 Å². The van der Waals surface area contributed by atoms with E-state index in [0.29, 0.717) is 24.5 Å². The van der Waals surface area contributed by atoms with Crippen molar-refractivity contribution in [1.82, 2.24) is 30.8 Å². The van der Waals surface area contributed by atoms with Crippen molar-refractivity contribution in [2.45, 2.75) is 84.3 Å². The molecule has 12 nitrogen and oxygen atoms in total. The van der Waals surface area contributed by atoms with Gasteiger partial charge in [-0.05, 0) is 64.3 Å². The van der Waals surface area contributed by atoms with Crippen LogP contribution in [0.4, 0.5) is 4.79 Å². The van der Waals surface area contributed by atoms with E-state index in [0.717, 1.165) is 63.1 Å². The van der Waals surface area contributed by atoms with Crippen LogP contribution in [0.15, 0.2) is 40.2 Å². The van der Waals surface area contributed by atoms with E-state index in [1.807, 2.05) is 65.8 Å². The molecule has 2 aromatic rings. The van der Waals surface area contributed by atoms with Crippen molar-refractivity contribution in [2.24, 2.45) is 22.2 Å². The van der Waals surface area contributed by atoms with Gasteiger partial charge in [-0.1, -0.05) is 45.0 Å². The Balaban J connectivity index is 0.000000329. The molecule has 1 aromatic carbocycles. The van der Waals surface area contributed by atoms with Crippen molar-refractivity contribution in [3.05, 3.63) is 52.2 Å². The quantitative estimate of drug-likeness (QED) is 0.123. The number of carbonyl (C=O) groups is 1. The van der Waals surface area contributed by atoms with Gasteiger partial charge in [-0.2, -0.15) is 0 Å². The molecule has 10 N–H and O–H groups in total. The highest BCUT2D eigenvalue weighted by molar-refractivity contribution is 5.75. The van der Waals surface area contributed by atoms with Crippen molar-refractivity contribution >= 4 is 12.0 Å². The first kappa shape index (κ1) is 35.7. The van der Waals surface area contributed by atoms with Gasteiger partial charge in [0.05, 0.1) is 5.56 Å². The molecule has 12 heteroatoms. The van der Waals surface area contributed by atoms with Crippen LogP contribution in [0.25, 0.3) is 11.1 Å². The molecule has 2 amide bonds.